The number of hydrogen-bond donors (Lipinski definition) is 4. The van der Waals surface area contributed by atoms with Crippen LogP contribution < -0.4 is 10.6 Å². The summed E-state index contributed by atoms with van der Waals surface area (Å²) in [6.07, 6.45) is 1.99. The fourth-order valence-corrected chi connectivity index (χ4v) is 2.72. The lowest BCUT2D eigenvalue weighted by atomic mass is 9.92. The van der Waals surface area contributed by atoms with Crippen molar-refractivity contribution in [3.05, 3.63) is 0 Å². The Morgan fingerprint density at radius 2 is 2.11 bits per heavy atom. The largest absolute Gasteiger partial charge is 0.390 e. The lowest BCUT2D eigenvalue weighted by Crippen LogP contribution is -2.52. The number of piperidine rings is 1. The summed E-state index contributed by atoms with van der Waals surface area (Å²) in [4.78, 5) is 0. The van der Waals surface area contributed by atoms with Crippen LogP contribution in [0, 0.1) is 0 Å². The van der Waals surface area contributed by atoms with Gasteiger partial charge in [0, 0.05) is 26.6 Å². The molecule has 0 aromatic carbocycles. The van der Waals surface area contributed by atoms with Crippen LogP contribution in [0.1, 0.15) is 25.7 Å². The van der Waals surface area contributed by atoms with Gasteiger partial charge in [-0.1, -0.05) is 0 Å². The van der Waals surface area contributed by atoms with Crippen molar-refractivity contribution in [1.82, 2.24) is 10.6 Å². The Hall–Kier alpha value is -0.240. The SMILES string of the molecule is CO[C@@H]1CC[C@H](O)C(CNCC2(O)CCNCC2)O1. The van der Waals surface area contributed by atoms with Gasteiger partial charge in [-0.05, 0) is 32.4 Å². The molecule has 2 rings (SSSR count). The normalized spacial score (nSPS) is 35.2. The first-order valence-corrected chi connectivity index (χ1v) is 7.13. The Morgan fingerprint density at radius 3 is 2.79 bits per heavy atom. The molecule has 6 heteroatoms. The predicted molar refractivity (Wildman–Crippen MR) is 70.8 cm³/mol. The summed E-state index contributed by atoms with van der Waals surface area (Å²) in [7, 11) is 1.62. The van der Waals surface area contributed by atoms with Crippen molar-refractivity contribution >= 4 is 0 Å². The van der Waals surface area contributed by atoms with Crippen molar-refractivity contribution < 1.29 is 19.7 Å². The van der Waals surface area contributed by atoms with Crippen LogP contribution in [-0.4, -0.2) is 67.6 Å². The van der Waals surface area contributed by atoms with Crippen molar-refractivity contribution in [2.24, 2.45) is 0 Å². The molecule has 2 aliphatic heterocycles. The van der Waals surface area contributed by atoms with Gasteiger partial charge in [-0.3, -0.25) is 0 Å². The van der Waals surface area contributed by atoms with E-state index in [0.717, 1.165) is 32.4 Å². The van der Waals surface area contributed by atoms with E-state index in [9.17, 15) is 10.2 Å². The monoisotopic (exact) mass is 274 g/mol. The Balaban J connectivity index is 1.71. The minimum atomic E-state index is -0.633. The molecule has 4 N–H and O–H groups in total. The van der Waals surface area contributed by atoms with Crippen LogP contribution >= 0.6 is 0 Å². The highest BCUT2D eigenvalue weighted by molar-refractivity contribution is 4.87. The van der Waals surface area contributed by atoms with Gasteiger partial charge in [0.2, 0.25) is 0 Å². The smallest absolute Gasteiger partial charge is 0.157 e. The van der Waals surface area contributed by atoms with Crippen LogP contribution in [0.3, 0.4) is 0 Å². The van der Waals surface area contributed by atoms with E-state index < -0.39 is 11.7 Å². The zero-order chi connectivity index (χ0) is 13.7. The summed E-state index contributed by atoms with van der Waals surface area (Å²) in [6.45, 7) is 2.79. The molecule has 0 aliphatic carbocycles. The molecule has 0 saturated carbocycles. The second-order valence-corrected chi connectivity index (χ2v) is 5.59. The van der Waals surface area contributed by atoms with Crippen LogP contribution in [-0.2, 0) is 9.47 Å². The number of nitrogens with one attached hydrogen (secondary N) is 2. The third kappa shape index (κ3) is 4.37. The second-order valence-electron chi connectivity index (χ2n) is 5.59. The molecular weight excluding hydrogens is 248 g/mol. The van der Waals surface area contributed by atoms with E-state index in [1.54, 1.807) is 7.11 Å². The molecule has 0 amide bonds. The van der Waals surface area contributed by atoms with Gasteiger partial charge in [0.15, 0.2) is 6.29 Å². The zero-order valence-electron chi connectivity index (χ0n) is 11.6. The van der Waals surface area contributed by atoms with E-state index in [-0.39, 0.29) is 12.4 Å². The molecule has 0 radical (unpaired) electrons. The summed E-state index contributed by atoms with van der Waals surface area (Å²) in [5.41, 5.74) is -0.633. The molecule has 112 valence electrons. The molecule has 0 spiro atoms. The summed E-state index contributed by atoms with van der Waals surface area (Å²) >= 11 is 0. The van der Waals surface area contributed by atoms with E-state index in [1.807, 2.05) is 0 Å². The van der Waals surface area contributed by atoms with Gasteiger partial charge in [-0.15, -0.1) is 0 Å². The summed E-state index contributed by atoms with van der Waals surface area (Å²) in [6, 6.07) is 0. The molecule has 19 heavy (non-hydrogen) atoms. The standard InChI is InChI=1S/C13H26N2O4/c1-18-12-3-2-10(16)11(19-12)8-15-9-13(17)4-6-14-7-5-13/h10-12,14-17H,2-9H2,1H3/t10-,11?,12-/m0/s1. The lowest BCUT2D eigenvalue weighted by molar-refractivity contribution is -0.210. The first-order chi connectivity index (χ1) is 9.13. The Kier molecular flexibility index (Phi) is 5.56. The molecular formula is C13H26N2O4. The minimum absolute atomic E-state index is 0.225. The molecule has 6 nitrogen and oxygen atoms in total. The number of rotatable bonds is 5. The summed E-state index contributed by atoms with van der Waals surface area (Å²) < 4.78 is 10.8. The first-order valence-electron chi connectivity index (χ1n) is 7.13. The van der Waals surface area contributed by atoms with E-state index in [1.165, 1.54) is 0 Å². The average Bonchev–Trinajstić information content (AvgIpc) is 2.41. The average molecular weight is 274 g/mol. The Labute approximate surface area is 114 Å². The molecule has 2 saturated heterocycles. The van der Waals surface area contributed by atoms with Crippen LogP contribution in [0.25, 0.3) is 0 Å². The van der Waals surface area contributed by atoms with Crippen LogP contribution in [0.5, 0.6) is 0 Å². The molecule has 2 aliphatic rings. The quantitative estimate of drug-likeness (QED) is 0.525. The van der Waals surface area contributed by atoms with Crippen LogP contribution in [0.15, 0.2) is 0 Å². The highest BCUT2D eigenvalue weighted by Crippen LogP contribution is 2.20. The fourth-order valence-electron chi connectivity index (χ4n) is 2.72. The molecule has 0 aromatic heterocycles. The Bertz CT molecular complexity index is 271. The van der Waals surface area contributed by atoms with Gasteiger partial charge in [0.25, 0.3) is 0 Å². The topological polar surface area (TPSA) is 83.0 Å². The van der Waals surface area contributed by atoms with E-state index in [4.69, 9.17) is 9.47 Å². The number of aliphatic hydroxyl groups is 2. The molecule has 0 aromatic rings. The highest BCUT2D eigenvalue weighted by Gasteiger charge is 2.32. The van der Waals surface area contributed by atoms with Crippen molar-refractivity contribution in [3.63, 3.8) is 0 Å². The van der Waals surface area contributed by atoms with Crippen LogP contribution in [0.4, 0.5) is 0 Å². The lowest BCUT2D eigenvalue weighted by Gasteiger charge is -2.36. The third-order valence-corrected chi connectivity index (χ3v) is 4.05. The van der Waals surface area contributed by atoms with E-state index in [0.29, 0.717) is 19.5 Å². The van der Waals surface area contributed by atoms with Gasteiger partial charge in [0.1, 0.15) is 0 Å². The van der Waals surface area contributed by atoms with Crippen molar-refractivity contribution in [1.29, 1.82) is 0 Å². The molecule has 0 bridgehead atoms. The maximum Gasteiger partial charge on any atom is 0.157 e. The number of hydrogen-bond acceptors (Lipinski definition) is 6. The summed E-state index contributed by atoms with van der Waals surface area (Å²) in [5, 5.41) is 26.7. The predicted octanol–water partition coefficient (Wildman–Crippen LogP) is -0.797. The maximum absolute atomic E-state index is 10.3. The third-order valence-electron chi connectivity index (χ3n) is 4.05. The van der Waals surface area contributed by atoms with E-state index >= 15 is 0 Å². The van der Waals surface area contributed by atoms with Gasteiger partial charge in [-0.2, -0.15) is 0 Å². The zero-order valence-corrected chi connectivity index (χ0v) is 11.6. The molecule has 2 heterocycles. The van der Waals surface area contributed by atoms with Gasteiger partial charge >= 0.3 is 0 Å². The maximum atomic E-state index is 10.3. The highest BCUT2D eigenvalue weighted by atomic mass is 16.7. The van der Waals surface area contributed by atoms with Crippen molar-refractivity contribution in [2.45, 2.75) is 49.8 Å². The first kappa shape index (κ1) is 15.2. The second kappa shape index (κ2) is 6.97. The van der Waals surface area contributed by atoms with Crippen molar-refractivity contribution in [2.75, 3.05) is 33.3 Å². The van der Waals surface area contributed by atoms with Gasteiger partial charge in [0.05, 0.1) is 17.8 Å². The van der Waals surface area contributed by atoms with Gasteiger partial charge < -0.3 is 30.3 Å². The van der Waals surface area contributed by atoms with Crippen molar-refractivity contribution in [3.8, 4) is 0 Å². The number of ether oxygens (including phenoxy) is 2. The van der Waals surface area contributed by atoms with Gasteiger partial charge in [-0.25, -0.2) is 0 Å². The molecule has 1 unspecified atom stereocenters. The summed E-state index contributed by atoms with van der Waals surface area (Å²) in [5.74, 6) is 0. The number of aliphatic hydroxyl groups excluding tert-OH is 1. The number of methoxy groups -OCH3 is 1. The Morgan fingerprint density at radius 1 is 1.37 bits per heavy atom. The molecule has 2 fully saturated rings. The minimum Gasteiger partial charge on any atom is -0.390 e. The van der Waals surface area contributed by atoms with Crippen LogP contribution in [0.2, 0.25) is 0 Å². The fraction of sp³-hybridized carbons (Fsp3) is 1.00. The van der Waals surface area contributed by atoms with E-state index in [2.05, 4.69) is 10.6 Å². The molecule has 3 atom stereocenters.